The van der Waals surface area contributed by atoms with Crippen molar-refractivity contribution in [1.29, 1.82) is 0 Å². The van der Waals surface area contributed by atoms with Gasteiger partial charge in [-0.1, -0.05) is 108 Å². The molecule has 35 heavy (non-hydrogen) atoms. The molecule has 2 aromatic rings. The summed E-state index contributed by atoms with van der Waals surface area (Å²) in [6.45, 7) is 16.7. The van der Waals surface area contributed by atoms with E-state index in [9.17, 15) is 4.80 Å². The fraction of sp³-hybridized carbons (Fsp3) is 0.533. The third-order valence-corrected chi connectivity index (χ3v) is 13.2. The fourth-order valence-corrected chi connectivity index (χ4v) is 9.13. The van der Waals surface area contributed by atoms with E-state index in [0.29, 0.717) is 19.1 Å². The molecule has 0 radical (unpaired) electrons. The van der Waals surface area contributed by atoms with Gasteiger partial charge in [-0.3, -0.25) is 0 Å². The summed E-state index contributed by atoms with van der Waals surface area (Å²) in [4.78, 5) is 12.4. The minimum absolute atomic E-state index is 0.0452. The third-order valence-electron chi connectivity index (χ3n) is 7.58. The van der Waals surface area contributed by atoms with Crippen molar-refractivity contribution in [2.45, 2.75) is 77.5 Å². The standard InChI is InChI=1S/C30H43IO3Si/c1-24(25(2)31)21-30(33-22-28(3,4)23-34-30)20-14-13-19-29(5,6)35(32,26-15-9-7-10-16-26)27-17-11-8-12-18-27/h7-12,15-18,24,32H,2,13-14,19-23H2,1,3-6H3/t24-/m1/s1. The molecule has 0 saturated carbocycles. The molecule has 1 aliphatic heterocycles. The first-order valence-electron chi connectivity index (χ1n) is 12.9. The number of allylic oxidation sites excluding steroid dienone is 1. The first-order valence-corrected chi connectivity index (χ1v) is 15.9. The summed E-state index contributed by atoms with van der Waals surface area (Å²) >= 11 is 2.32. The van der Waals surface area contributed by atoms with Gasteiger partial charge in [-0.05, 0) is 60.3 Å². The first-order chi connectivity index (χ1) is 16.4. The minimum Gasteiger partial charge on any atom is -0.424 e. The van der Waals surface area contributed by atoms with E-state index in [-0.39, 0.29) is 10.5 Å². The van der Waals surface area contributed by atoms with Gasteiger partial charge >= 0.3 is 0 Å². The van der Waals surface area contributed by atoms with E-state index >= 15 is 0 Å². The second-order valence-corrected chi connectivity index (χ2v) is 17.1. The van der Waals surface area contributed by atoms with Crippen LogP contribution in [-0.4, -0.2) is 32.1 Å². The highest BCUT2D eigenvalue weighted by Crippen LogP contribution is 2.42. The molecule has 1 N–H and O–H groups in total. The number of halogens is 1. The van der Waals surface area contributed by atoms with Crippen LogP contribution in [-0.2, 0) is 9.47 Å². The fourth-order valence-electron chi connectivity index (χ4n) is 5.13. The lowest BCUT2D eigenvalue weighted by Crippen LogP contribution is -2.65. The van der Waals surface area contributed by atoms with E-state index in [0.717, 1.165) is 46.1 Å². The van der Waals surface area contributed by atoms with Crippen molar-refractivity contribution in [3.05, 3.63) is 70.8 Å². The van der Waals surface area contributed by atoms with Crippen molar-refractivity contribution in [3.63, 3.8) is 0 Å². The second kappa shape index (κ2) is 11.6. The lowest BCUT2D eigenvalue weighted by Gasteiger charge is -2.45. The summed E-state index contributed by atoms with van der Waals surface area (Å²) in [6.07, 6.45) is 4.65. The van der Waals surface area contributed by atoms with Gasteiger partial charge in [0.15, 0.2) is 5.79 Å². The van der Waals surface area contributed by atoms with E-state index in [4.69, 9.17) is 9.47 Å². The molecule has 2 aromatic carbocycles. The summed E-state index contributed by atoms with van der Waals surface area (Å²) in [6, 6.07) is 20.6. The van der Waals surface area contributed by atoms with Crippen LogP contribution >= 0.6 is 22.6 Å². The average Bonchev–Trinajstić information content (AvgIpc) is 2.84. The van der Waals surface area contributed by atoms with Crippen LogP contribution in [0.3, 0.4) is 0 Å². The molecule has 0 spiro atoms. The number of rotatable bonds is 11. The zero-order chi connectivity index (χ0) is 25.7. The molecular formula is C30H43IO3Si. The molecule has 1 fully saturated rings. The SMILES string of the molecule is C=C(I)[C@H](C)CC1(CCCCC(C)(C)[Si](O)(c2ccccc2)c2ccccc2)OCC(C)(C)CO1. The van der Waals surface area contributed by atoms with Gasteiger partial charge in [0.1, 0.15) is 0 Å². The van der Waals surface area contributed by atoms with Crippen LogP contribution in [0, 0.1) is 11.3 Å². The van der Waals surface area contributed by atoms with Gasteiger partial charge in [0.2, 0.25) is 0 Å². The van der Waals surface area contributed by atoms with Crippen LogP contribution in [0.1, 0.15) is 66.7 Å². The Balaban J connectivity index is 1.73. The van der Waals surface area contributed by atoms with Gasteiger partial charge in [-0.25, -0.2) is 0 Å². The van der Waals surface area contributed by atoms with E-state index in [1.165, 1.54) is 0 Å². The zero-order valence-electron chi connectivity index (χ0n) is 22.1. The quantitative estimate of drug-likeness (QED) is 0.173. The van der Waals surface area contributed by atoms with Crippen LogP contribution in [0.4, 0.5) is 0 Å². The lowest BCUT2D eigenvalue weighted by atomic mass is 9.90. The molecule has 0 amide bonds. The smallest absolute Gasteiger partial charge is 0.258 e. The Morgan fingerprint density at radius 1 is 1.00 bits per heavy atom. The normalized spacial score (nSPS) is 18.7. The van der Waals surface area contributed by atoms with Crippen molar-refractivity contribution in [2.75, 3.05) is 13.2 Å². The van der Waals surface area contributed by atoms with Gasteiger partial charge in [0.25, 0.3) is 8.32 Å². The third kappa shape index (κ3) is 6.86. The number of unbranched alkanes of at least 4 members (excludes halogenated alkanes) is 1. The van der Waals surface area contributed by atoms with Crippen molar-refractivity contribution in [3.8, 4) is 0 Å². The topological polar surface area (TPSA) is 38.7 Å². The second-order valence-electron chi connectivity index (χ2n) is 11.7. The maximum absolute atomic E-state index is 12.4. The van der Waals surface area contributed by atoms with Crippen molar-refractivity contribution >= 4 is 41.3 Å². The summed E-state index contributed by atoms with van der Waals surface area (Å²) in [7, 11) is -2.97. The summed E-state index contributed by atoms with van der Waals surface area (Å²) in [5, 5.41) is 1.91. The van der Waals surface area contributed by atoms with Gasteiger partial charge in [0.05, 0.1) is 13.2 Å². The molecule has 1 heterocycles. The molecule has 3 rings (SSSR count). The summed E-state index contributed by atoms with van der Waals surface area (Å²) in [5.41, 5.74) is 0.0452. The number of hydrogen-bond acceptors (Lipinski definition) is 3. The number of ether oxygens (including phenoxy) is 2. The van der Waals surface area contributed by atoms with E-state index in [1.807, 2.05) is 36.4 Å². The van der Waals surface area contributed by atoms with E-state index < -0.39 is 14.1 Å². The molecule has 1 atom stereocenters. The van der Waals surface area contributed by atoms with Gasteiger partial charge < -0.3 is 14.3 Å². The lowest BCUT2D eigenvalue weighted by molar-refractivity contribution is -0.307. The molecule has 192 valence electrons. The van der Waals surface area contributed by atoms with Crippen LogP contribution < -0.4 is 10.4 Å². The largest absolute Gasteiger partial charge is 0.424 e. The number of benzene rings is 2. The minimum atomic E-state index is -2.97. The van der Waals surface area contributed by atoms with Crippen LogP contribution in [0.2, 0.25) is 5.04 Å². The monoisotopic (exact) mass is 606 g/mol. The van der Waals surface area contributed by atoms with E-state index in [1.54, 1.807) is 0 Å². The highest BCUT2D eigenvalue weighted by molar-refractivity contribution is 14.1. The van der Waals surface area contributed by atoms with Crippen LogP contribution in [0.15, 0.2) is 70.8 Å². The molecule has 0 unspecified atom stereocenters. The molecular weight excluding hydrogens is 563 g/mol. The average molecular weight is 607 g/mol. The van der Waals surface area contributed by atoms with Crippen molar-refractivity contribution < 1.29 is 14.3 Å². The highest BCUT2D eigenvalue weighted by atomic mass is 127. The molecule has 5 heteroatoms. The van der Waals surface area contributed by atoms with Crippen LogP contribution in [0.5, 0.6) is 0 Å². The van der Waals surface area contributed by atoms with Gasteiger partial charge in [0, 0.05) is 18.3 Å². The molecule has 1 aliphatic rings. The van der Waals surface area contributed by atoms with Crippen LogP contribution in [0.25, 0.3) is 0 Å². The molecule has 1 saturated heterocycles. The maximum Gasteiger partial charge on any atom is 0.258 e. The molecule has 0 aromatic heterocycles. The highest BCUT2D eigenvalue weighted by Gasteiger charge is 2.49. The van der Waals surface area contributed by atoms with Crippen molar-refractivity contribution in [1.82, 2.24) is 0 Å². The van der Waals surface area contributed by atoms with Gasteiger partial charge in [-0.15, -0.1) is 0 Å². The Morgan fingerprint density at radius 2 is 1.49 bits per heavy atom. The molecule has 0 bridgehead atoms. The maximum atomic E-state index is 12.4. The summed E-state index contributed by atoms with van der Waals surface area (Å²) in [5.74, 6) is -0.207. The predicted octanol–water partition coefficient (Wildman–Crippen LogP) is 6.82. The Kier molecular flexibility index (Phi) is 9.47. The van der Waals surface area contributed by atoms with Crippen molar-refractivity contribution in [2.24, 2.45) is 11.3 Å². The first kappa shape index (κ1) is 28.6. The molecule has 0 aliphatic carbocycles. The molecule has 3 nitrogen and oxygen atoms in total. The Hall–Kier alpha value is -0.993. The zero-order valence-corrected chi connectivity index (χ0v) is 25.3. The Bertz CT molecular complexity index is 909. The van der Waals surface area contributed by atoms with E-state index in [2.05, 4.69) is 88.1 Å². The Morgan fingerprint density at radius 3 is 1.94 bits per heavy atom. The Labute approximate surface area is 227 Å². The summed E-state index contributed by atoms with van der Waals surface area (Å²) < 4.78 is 14.0. The predicted molar refractivity (Wildman–Crippen MR) is 158 cm³/mol. The van der Waals surface area contributed by atoms with Gasteiger partial charge in [-0.2, -0.15) is 0 Å². The number of hydrogen-bond donors (Lipinski definition) is 1.